The van der Waals surface area contributed by atoms with E-state index in [0.29, 0.717) is 72.5 Å². The molecule has 0 radical (unpaired) electrons. The summed E-state index contributed by atoms with van der Waals surface area (Å²) in [7, 11) is -3.87. The van der Waals surface area contributed by atoms with Crippen LogP contribution in [-0.2, 0) is 38.9 Å². The molecule has 11 heteroatoms. The lowest BCUT2D eigenvalue weighted by molar-refractivity contribution is -0.121. The van der Waals surface area contributed by atoms with E-state index in [0.717, 1.165) is 42.9 Å². The number of carbonyl (C=O) groups is 3. The van der Waals surface area contributed by atoms with Gasteiger partial charge in [-0.2, -0.15) is 0 Å². The molecule has 0 unspecified atom stereocenters. The van der Waals surface area contributed by atoms with Crippen LogP contribution in [0.25, 0.3) is 11.6 Å². The number of rotatable bonds is 11. The lowest BCUT2D eigenvalue weighted by atomic mass is 9.91. The molecule has 1 aliphatic carbocycles. The number of Topliss-reactive ketones (excluding diaryl/α,β-unsaturated/α-hetero) is 1. The summed E-state index contributed by atoms with van der Waals surface area (Å²) in [4.78, 5) is 44.8. The summed E-state index contributed by atoms with van der Waals surface area (Å²) in [5.41, 5.74) is 5.72. The van der Waals surface area contributed by atoms with E-state index in [1.54, 1.807) is 18.2 Å². The SMILES string of the molecule is CCN(CC)CCNC(=O)CCc1c(C=C2C(=O)Nc3ccc(S(=O)(=O)N4CCc5ccccc54)cc32)[nH]c2c1C(=O)CCC2. The standard InChI is InChI=1S/C34H39N5O5S/c1-3-38(4-2)19-17-35-32(41)15-13-24-29(36-28-9-7-11-31(40)33(24)28)21-26-25-20-23(12-14-27(25)37-34(26)42)45(43,44)39-18-16-22-8-5-6-10-30(22)39/h5-6,8,10,12,14,20-21,36H,3-4,7,9,11,13,15-19H2,1-2H3,(H,35,41)(H,37,42). The third-order valence-corrected chi connectivity index (χ3v) is 10.9. The van der Waals surface area contributed by atoms with Gasteiger partial charge in [0.05, 0.1) is 16.2 Å². The first-order valence-corrected chi connectivity index (χ1v) is 17.2. The number of aromatic nitrogens is 1. The molecule has 3 aliphatic rings. The van der Waals surface area contributed by atoms with Gasteiger partial charge in [-0.3, -0.25) is 18.7 Å². The molecule has 0 atom stereocenters. The van der Waals surface area contributed by atoms with Crippen LogP contribution in [0.2, 0.25) is 0 Å². The van der Waals surface area contributed by atoms with Crippen LogP contribution in [0, 0.1) is 0 Å². The van der Waals surface area contributed by atoms with Gasteiger partial charge in [0.15, 0.2) is 5.78 Å². The fraction of sp³-hybridized carbons (Fsp3) is 0.382. The normalized spacial score (nSPS) is 16.6. The molecular formula is C34H39N5O5S. The maximum Gasteiger partial charge on any atom is 0.264 e. The van der Waals surface area contributed by atoms with Gasteiger partial charge in [0.1, 0.15) is 0 Å². The zero-order valence-electron chi connectivity index (χ0n) is 25.7. The minimum absolute atomic E-state index is 0.0321. The number of ketones is 1. The highest BCUT2D eigenvalue weighted by atomic mass is 32.2. The molecule has 0 saturated carbocycles. The molecule has 1 aromatic heterocycles. The number of hydrogen-bond acceptors (Lipinski definition) is 6. The van der Waals surface area contributed by atoms with Crippen molar-refractivity contribution in [1.82, 2.24) is 15.2 Å². The maximum absolute atomic E-state index is 13.8. The van der Waals surface area contributed by atoms with Gasteiger partial charge in [-0.1, -0.05) is 32.0 Å². The number of aromatic amines is 1. The Hall–Kier alpha value is -4.22. The fourth-order valence-electron chi connectivity index (χ4n) is 6.60. The number of amides is 2. The molecule has 236 valence electrons. The van der Waals surface area contributed by atoms with Crippen molar-refractivity contribution in [3.05, 3.63) is 76.1 Å². The quantitative estimate of drug-likeness (QED) is 0.273. The maximum atomic E-state index is 13.8. The van der Waals surface area contributed by atoms with Crippen molar-refractivity contribution in [2.24, 2.45) is 0 Å². The van der Waals surface area contributed by atoms with E-state index in [2.05, 4.69) is 34.4 Å². The number of sulfonamides is 1. The van der Waals surface area contributed by atoms with Crippen LogP contribution >= 0.6 is 0 Å². The number of nitrogens with zero attached hydrogens (tertiary/aromatic N) is 2. The molecule has 2 aromatic carbocycles. The van der Waals surface area contributed by atoms with Gasteiger partial charge in [0, 0.05) is 60.7 Å². The highest BCUT2D eigenvalue weighted by Gasteiger charge is 2.34. The number of aryl methyl sites for hydroxylation is 1. The van der Waals surface area contributed by atoms with Crippen LogP contribution in [0.1, 0.15) is 71.5 Å². The van der Waals surface area contributed by atoms with E-state index in [1.165, 1.54) is 10.4 Å². The number of H-pyrrole nitrogens is 1. The molecule has 3 heterocycles. The number of hydrogen-bond donors (Lipinski definition) is 3. The van der Waals surface area contributed by atoms with E-state index in [1.807, 2.05) is 24.3 Å². The minimum Gasteiger partial charge on any atom is -0.358 e. The van der Waals surface area contributed by atoms with Crippen molar-refractivity contribution in [3.63, 3.8) is 0 Å². The van der Waals surface area contributed by atoms with Crippen molar-refractivity contribution in [2.75, 3.05) is 42.3 Å². The zero-order chi connectivity index (χ0) is 31.7. The molecule has 0 bridgehead atoms. The predicted molar refractivity (Wildman–Crippen MR) is 175 cm³/mol. The monoisotopic (exact) mass is 629 g/mol. The summed E-state index contributed by atoms with van der Waals surface area (Å²) in [5.74, 6) is -0.420. The predicted octanol–water partition coefficient (Wildman–Crippen LogP) is 4.17. The van der Waals surface area contributed by atoms with Crippen molar-refractivity contribution in [1.29, 1.82) is 0 Å². The molecule has 45 heavy (non-hydrogen) atoms. The summed E-state index contributed by atoms with van der Waals surface area (Å²) in [6, 6.07) is 12.2. The molecule has 0 fully saturated rings. The van der Waals surface area contributed by atoms with E-state index >= 15 is 0 Å². The average Bonchev–Trinajstić information content (AvgIpc) is 3.72. The Morgan fingerprint density at radius 3 is 2.67 bits per heavy atom. The molecule has 3 N–H and O–H groups in total. The van der Waals surface area contributed by atoms with Crippen LogP contribution in [0.5, 0.6) is 0 Å². The number of fused-ring (bicyclic) bond motifs is 3. The highest BCUT2D eigenvalue weighted by molar-refractivity contribution is 7.92. The molecule has 10 nitrogen and oxygen atoms in total. The Labute approximate surface area is 263 Å². The number of carbonyl (C=O) groups excluding carboxylic acids is 3. The van der Waals surface area contributed by atoms with Crippen molar-refractivity contribution < 1.29 is 22.8 Å². The van der Waals surface area contributed by atoms with Gasteiger partial charge in [0.2, 0.25) is 5.91 Å². The van der Waals surface area contributed by atoms with Crippen LogP contribution in [0.15, 0.2) is 47.4 Å². The first-order chi connectivity index (χ1) is 21.7. The second-order valence-electron chi connectivity index (χ2n) is 11.7. The number of para-hydroxylation sites is 1. The molecule has 3 aromatic rings. The van der Waals surface area contributed by atoms with E-state index in [4.69, 9.17) is 0 Å². The average molecular weight is 630 g/mol. The summed E-state index contributed by atoms with van der Waals surface area (Å²) in [5, 5.41) is 5.83. The van der Waals surface area contributed by atoms with Gasteiger partial charge in [-0.15, -0.1) is 0 Å². The fourth-order valence-corrected chi connectivity index (χ4v) is 8.13. The van der Waals surface area contributed by atoms with Crippen LogP contribution in [0.3, 0.4) is 0 Å². The van der Waals surface area contributed by atoms with Crippen LogP contribution in [0.4, 0.5) is 11.4 Å². The third-order valence-electron chi connectivity index (χ3n) is 9.07. The van der Waals surface area contributed by atoms with E-state index in [9.17, 15) is 22.8 Å². The molecule has 0 spiro atoms. The molecule has 6 rings (SSSR count). The van der Waals surface area contributed by atoms with Gasteiger partial charge < -0.3 is 20.5 Å². The zero-order valence-corrected chi connectivity index (χ0v) is 26.6. The van der Waals surface area contributed by atoms with Crippen LogP contribution in [-0.4, -0.2) is 68.6 Å². The van der Waals surface area contributed by atoms with E-state index < -0.39 is 10.0 Å². The summed E-state index contributed by atoms with van der Waals surface area (Å²) >= 11 is 0. The lowest BCUT2D eigenvalue weighted by Gasteiger charge is -2.20. The summed E-state index contributed by atoms with van der Waals surface area (Å²) in [6.07, 6.45) is 4.75. The van der Waals surface area contributed by atoms with Gasteiger partial charge in [0.25, 0.3) is 15.9 Å². The lowest BCUT2D eigenvalue weighted by Crippen LogP contribution is -2.34. The molecule has 2 aliphatic heterocycles. The molecule has 0 saturated heterocycles. The highest BCUT2D eigenvalue weighted by Crippen LogP contribution is 2.39. The van der Waals surface area contributed by atoms with Crippen LogP contribution < -0.4 is 14.9 Å². The first-order valence-electron chi connectivity index (χ1n) is 15.7. The van der Waals surface area contributed by atoms with Gasteiger partial charge in [-0.05, 0) is 80.2 Å². The van der Waals surface area contributed by atoms with Crippen molar-refractivity contribution in [3.8, 4) is 0 Å². The second kappa shape index (κ2) is 12.6. The van der Waals surface area contributed by atoms with Crippen molar-refractivity contribution in [2.45, 2.75) is 57.3 Å². The Kier molecular flexibility index (Phi) is 8.65. The van der Waals surface area contributed by atoms with E-state index in [-0.39, 0.29) is 28.9 Å². The Morgan fingerprint density at radius 2 is 1.87 bits per heavy atom. The molecular weight excluding hydrogens is 590 g/mol. The number of benzene rings is 2. The number of likely N-dealkylation sites (N-methyl/N-ethyl adjacent to an activating group) is 1. The topological polar surface area (TPSA) is 132 Å². The molecule has 2 amide bonds. The Balaban J connectivity index is 1.30. The number of anilines is 2. The summed E-state index contributed by atoms with van der Waals surface area (Å²) < 4.78 is 29.0. The Morgan fingerprint density at radius 1 is 1.07 bits per heavy atom. The Bertz CT molecular complexity index is 1800. The summed E-state index contributed by atoms with van der Waals surface area (Å²) in [6.45, 7) is 7.67. The largest absolute Gasteiger partial charge is 0.358 e. The minimum atomic E-state index is -3.87. The smallest absolute Gasteiger partial charge is 0.264 e. The second-order valence-corrected chi connectivity index (χ2v) is 13.6. The third kappa shape index (κ3) is 5.94. The van der Waals surface area contributed by atoms with Gasteiger partial charge >= 0.3 is 0 Å². The number of nitrogens with one attached hydrogen (secondary N) is 3. The van der Waals surface area contributed by atoms with Gasteiger partial charge in [-0.25, -0.2) is 8.42 Å². The first kappa shape index (κ1) is 30.8. The van der Waals surface area contributed by atoms with Crippen molar-refractivity contribution >= 4 is 50.6 Å².